The molecular formula is C12H14N2O6S. The normalized spacial score (nSPS) is 13.4. The third-order valence-electron chi connectivity index (χ3n) is 3.08. The van der Waals surface area contributed by atoms with Crippen LogP contribution in [0.3, 0.4) is 0 Å². The van der Waals surface area contributed by atoms with Crippen molar-refractivity contribution in [2.75, 3.05) is 0 Å². The van der Waals surface area contributed by atoms with Crippen molar-refractivity contribution >= 4 is 27.1 Å². The van der Waals surface area contributed by atoms with Crippen LogP contribution in [0.4, 0.5) is 0 Å². The van der Waals surface area contributed by atoms with Crippen molar-refractivity contribution in [3.63, 3.8) is 0 Å². The lowest BCUT2D eigenvalue weighted by Crippen LogP contribution is -2.40. The Morgan fingerprint density at radius 2 is 2.14 bits per heavy atom. The highest BCUT2D eigenvalue weighted by molar-refractivity contribution is 7.89. The van der Waals surface area contributed by atoms with Crippen molar-refractivity contribution in [3.05, 3.63) is 28.7 Å². The predicted molar refractivity (Wildman–Crippen MR) is 73.5 cm³/mol. The zero-order chi connectivity index (χ0) is 15.8. The Hall–Kier alpha value is -2.13. The van der Waals surface area contributed by atoms with Crippen molar-refractivity contribution in [1.82, 2.24) is 9.29 Å². The van der Waals surface area contributed by atoms with E-state index >= 15 is 0 Å². The predicted octanol–water partition coefficient (Wildman–Crippen LogP) is 0.273. The van der Waals surface area contributed by atoms with Gasteiger partial charge in [0.05, 0.1) is 10.4 Å². The van der Waals surface area contributed by atoms with Crippen LogP contribution >= 0.6 is 0 Å². The number of sulfonamides is 1. The summed E-state index contributed by atoms with van der Waals surface area (Å²) in [6.45, 7) is 1.56. The summed E-state index contributed by atoms with van der Waals surface area (Å²) in [6, 6.07) is 2.69. The van der Waals surface area contributed by atoms with E-state index in [9.17, 15) is 18.0 Å². The van der Waals surface area contributed by atoms with Gasteiger partial charge in [-0.15, -0.1) is 0 Å². The van der Waals surface area contributed by atoms with Crippen LogP contribution in [0.15, 0.2) is 32.3 Å². The Bertz CT molecular complexity index is 848. The number of rotatable bonds is 5. The number of aryl methyl sites for hydroxylation is 1. The fourth-order valence-electron chi connectivity index (χ4n) is 1.85. The van der Waals surface area contributed by atoms with Crippen molar-refractivity contribution in [2.24, 2.45) is 7.05 Å². The topological polar surface area (TPSA) is 119 Å². The van der Waals surface area contributed by atoms with Gasteiger partial charge < -0.3 is 9.52 Å². The Balaban J connectivity index is 2.45. The maximum Gasteiger partial charge on any atom is 0.419 e. The molecule has 1 aromatic carbocycles. The van der Waals surface area contributed by atoms with Crippen LogP contribution < -0.4 is 10.5 Å². The van der Waals surface area contributed by atoms with E-state index in [0.717, 1.165) is 0 Å². The number of hydrogen-bond acceptors (Lipinski definition) is 5. The van der Waals surface area contributed by atoms with Crippen molar-refractivity contribution in [3.8, 4) is 0 Å². The number of carboxylic acids is 1. The summed E-state index contributed by atoms with van der Waals surface area (Å²) < 4.78 is 32.5. The molecule has 0 bridgehead atoms. The molecule has 0 spiro atoms. The third-order valence-corrected chi connectivity index (χ3v) is 4.55. The zero-order valence-corrected chi connectivity index (χ0v) is 12.2. The fraction of sp³-hybridized carbons (Fsp3) is 0.333. The Morgan fingerprint density at radius 1 is 1.48 bits per heavy atom. The fourth-order valence-corrected chi connectivity index (χ4v) is 3.13. The SMILES string of the molecule is CC[C@H](NS(=O)(=O)c1ccc2c(c1)oc(=O)n2C)C(=O)O. The Morgan fingerprint density at radius 3 is 2.71 bits per heavy atom. The van der Waals surface area contributed by atoms with E-state index in [1.54, 1.807) is 6.92 Å². The van der Waals surface area contributed by atoms with Crippen LogP contribution in [0.5, 0.6) is 0 Å². The molecule has 2 aromatic rings. The highest BCUT2D eigenvalue weighted by Gasteiger charge is 2.24. The van der Waals surface area contributed by atoms with Gasteiger partial charge in [-0.2, -0.15) is 4.72 Å². The van der Waals surface area contributed by atoms with Crippen LogP contribution in [0.2, 0.25) is 0 Å². The molecule has 0 unspecified atom stereocenters. The average Bonchev–Trinajstić information content (AvgIpc) is 2.70. The number of aromatic nitrogens is 1. The molecule has 1 atom stereocenters. The first-order valence-corrected chi connectivity index (χ1v) is 7.59. The largest absolute Gasteiger partial charge is 0.480 e. The monoisotopic (exact) mass is 314 g/mol. The van der Waals surface area contributed by atoms with E-state index in [-0.39, 0.29) is 16.9 Å². The molecule has 0 saturated carbocycles. The van der Waals surface area contributed by atoms with Gasteiger partial charge in [-0.05, 0) is 18.6 Å². The lowest BCUT2D eigenvalue weighted by Gasteiger charge is -2.12. The molecule has 0 aliphatic carbocycles. The smallest absolute Gasteiger partial charge is 0.419 e. The van der Waals surface area contributed by atoms with Gasteiger partial charge in [0.25, 0.3) is 0 Å². The van der Waals surface area contributed by atoms with E-state index < -0.39 is 27.8 Å². The number of fused-ring (bicyclic) bond motifs is 1. The van der Waals surface area contributed by atoms with E-state index in [2.05, 4.69) is 4.72 Å². The number of oxazole rings is 1. The first-order chi connectivity index (χ1) is 9.76. The highest BCUT2D eigenvalue weighted by atomic mass is 32.2. The summed E-state index contributed by atoms with van der Waals surface area (Å²) in [5.41, 5.74) is 0.568. The maximum absolute atomic E-state index is 12.1. The van der Waals surface area contributed by atoms with E-state index in [0.29, 0.717) is 5.52 Å². The van der Waals surface area contributed by atoms with Crippen LogP contribution in [0.1, 0.15) is 13.3 Å². The lowest BCUT2D eigenvalue weighted by molar-refractivity contribution is -0.139. The molecule has 0 fully saturated rings. The number of carboxylic acid groups (broad SMARTS) is 1. The molecule has 0 saturated heterocycles. The molecule has 21 heavy (non-hydrogen) atoms. The quantitative estimate of drug-likeness (QED) is 0.818. The molecule has 114 valence electrons. The summed E-state index contributed by atoms with van der Waals surface area (Å²) >= 11 is 0. The highest BCUT2D eigenvalue weighted by Crippen LogP contribution is 2.18. The molecule has 0 amide bonds. The minimum atomic E-state index is -4.01. The van der Waals surface area contributed by atoms with Crippen LogP contribution in [-0.4, -0.2) is 30.1 Å². The van der Waals surface area contributed by atoms with Gasteiger partial charge in [-0.1, -0.05) is 6.92 Å². The van der Waals surface area contributed by atoms with Crippen molar-refractivity contribution in [2.45, 2.75) is 24.3 Å². The van der Waals surface area contributed by atoms with Gasteiger partial charge in [0.2, 0.25) is 10.0 Å². The Kier molecular flexibility index (Phi) is 3.88. The zero-order valence-electron chi connectivity index (χ0n) is 11.4. The minimum absolute atomic E-state index is 0.108. The molecular weight excluding hydrogens is 300 g/mol. The summed E-state index contributed by atoms with van der Waals surface area (Å²) in [4.78, 5) is 22.1. The molecule has 0 radical (unpaired) electrons. The first-order valence-electron chi connectivity index (χ1n) is 6.11. The second-order valence-electron chi connectivity index (χ2n) is 4.48. The second-order valence-corrected chi connectivity index (χ2v) is 6.19. The van der Waals surface area contributed by atoms with E-state index in [4.69, 9.17) is 9.52 Å². The van der Waals surface area contributed by atoms with Crippen LogP contribution in [0.25, 0.3) is 11.1 Å². The maximum atomic E-state index is 12.1. The first kappa shape index (κ1) is 15.3. The molecule has 9 heteroatoms. The van der Waals surface area contributed by atoms with Gasteiger partial charge in [-0.3, -0.25) is 9.36 Å². The molecule has 8 nitrogen and oxygen atoms in total. The number of benzene rings is 1. The summed E-state index contributed by atoms with van der Waals surface area (Å²) in [5.74, 6) is -1.86. The van der Waals surface area contributed by atoms with Gasteiger partial charge in [-0.25, -0.2) is 13.2 Å². The molecule has 0 aliphatic rings. The standard InChI is InChI=1S/C12H14N2O6S/c1-3-8(11(15)16)13-21(18,19)7-4-5-9-10(6-7)20-12(17)14(9)2/h4-6,8,13H,3H2,1-2H3,(H,15,16)/t8-/m0/s1. The third kappa shape index (κ3) is 2.83. The molecule has 1 aromatic heterocycles. The molecule has 2 rings (SSSR count). The number of carbonyl (C=O) groups is 1. The summed E-state index contributed by atoms with van der Waals surface area (Å²) in [7, 11) is -2.52. The molecule has 2 N–H and O–H groups in total. The number of aliphatic carboxylic acids is 1. The van der Waals surface area contributed by atoms with Crippen LogP contribution in [-0.2, 0) is 21.9 Å². The van der Waals surface area contributed by atoms with Crippen molar-refractivity contribution in [1.29, 1.82) is 0 Å². The van der Waals surface area contributed by atoms with Gasteiger partial charge in [0, 0.05) is 13.1 Å². The average molecular weight is 314 g/mol. The van der Waals surface area contributed by atoms with Gasteiger partial charge in [0.15, 0.2) is 5.58 Å². The molecule has 1 heterocycles. The summed E-state index contributed by atoms with van der Waals surface area (Å²) in [6.07, 6.45) is 0.108. The van der Waals surface area contributed by atoms with Crippen LogP contribution in [0, 0.1) is 0 Å². The van der Waals surface area contributed by atoms with E-state index in [1.165, 1.54) is 29.8 Å². The van der Waals surface area contributed by atoms with Gasteiger partial charge >= 0.3 is 11.7 Å². The van der Waals surface area contributed by atoms with Crippen molar-refractivity contribution < 1.29 is 22.7 Å². The minimum Gasteiger partial charge on any atom is -0.480 e. The summed E-state index contributed by atoms with van der Waals surface area (Å²) in [5, 5.41) is 8.90. The van der Waals surface area contributed by atoms with E-state index in [1.807, 2.05) is 0 Å². The number of nitrogens with zero attached hydrogens (tertiary/aromatic N) is 1. The second kappa shape index (κ2) is 5.34. The number of nitrogens with one attached hydrogen (secondary N) is 1. The number of hydrogen-bond donors (Lipinski definition) is 2. The lowest BCUT2D eigenvalue weighted by atomic mass is 10.2. The van der Waals surface area contributed by atoms with Gasteiger partial charge in [0.1, 0.15) is 6.04 Å². The molecule has 0 aliphatic heterocycles. The Labute approximate surface area is 120 Å².